The van der Waals surface area contributed by atoms with Crippen LogP contribution < -0.4 is 10.3 Å². The van der Waals surface area contributed by atoms with E-state index in [4.69, 9.17) is 16.3 Å². The summed E-state index contributed by atoms with van der Waals surface area (Å²) in [6.45, 7) is 5.32. The number of pyridine rings is 1. The fourth-order valence-corrected chi connectivity index (χ4v) is 4.88. The summed E-state index contributed by atoms with van der Waals surface area (Å²) in [5.74, 6) is -0.696. The molecule has 1 amide bonds. The number of amidine groups is 1. The van der Waals surface area contributed by atoms with E-state index >= 15 is 0 Å². The first kappa shape index (κ1) is 23.7. The van der Waals surface area contributed by atoms with Gasteiger partial charge in [-0.2, -0.15) is 0 Å². The van der Waals surface area contributed by atoms with E-state index in [2.05, 4.69) is 15.4 Å². The quantitative estimate of drug-likeness (QED) is 0.426. The SMILES string of the molecule is CCc1nc2cc(C)c(Cl)cn2c1C(=O)NCc1ccc(N2CC[N]([Tl])C(OC)=N2)c(F)c1. The number of aromatic nitrogens is 2. The van der Waals surface area contributed by atoms with Crippen molar-refractivity contribution >= 4 is 60.9 Å². The van der Waals surface area contributed by atoms with Crippen molar-refractivity contribution in [2.75, 3.05) is 25.2 Å². The Kier molecular flexibility index (Phi) is 7.08. The number of benzene rings is 1. The predicted octanol–water partition coefficient (Wildman–Crippen LogP) is 3.05. The number of nitrogens with one attached hydrogen (secondary N) is 1. The molecule has 0 radical (unpaired) electrons. The molecular weight excluding hydrogens is 639 g/mol. The summed E-state index contributed by atoms with van der Waals surface area (Å²) in [5, 5.41) is 9.42. The number of anilines is 1. The number of ether oxygens (including phenoxy) is 1. The average Bonchev–Trinajstić information content (AvgIpc) is 3.15. The third-order valence-corrected chi connectivity index (χ3v) is 7.71. The van der Waals surface area contributed by atoms with E-state index in [1.807, 2.05) is 22.6 Å². The Hall–Kier alpha value is -2.41. The van der Waals surface area contributed by atoms with E-state index in [9.17, 15) is 9.18 Å². The molecule has 1 aliphatic heterocycles. The first-order valence-corrected chi connectivity index (χ1v) is 12.9. The molecule has 2 aromatic heterocycles. The van der Waals surface area contributed by atoms with Gasteiger partial charge in [-0.25, -0.2) is 4.98 Å². The van der Waals surface area contributed by atoms with Crippen molar-refractivity contribution in [3.63, 3.8) is 0 Å². The van der Waals surface area contributed by atoms with Gasteiger partial charge in [0.05, 0.1) is 10.7 Å². The van der Waals surface area contributed by atoms with Crippen molar-refractivity contribution in [1.82, 2.24) is 17.4 Å². The van der Waals surface area contributed by atoms with Crippen molar-refractivity contribution in [2.45, 2.75) is 26.8 Å². The van der Waals surface area contributed by atoms with Crippen molar-refractivity contribution in [3.8, 4) is 0 Å². The summed E-state index contributed by atoms with van der Waals surface area (Å²) in [5.41, 5.74) is 3.70. The Morgan fingerprint density at radius 3 is 2.82 bits per heavy atom. The van der Waals surface area contributed by atoms with Crippen molar-refractivity contribution in [3.05, 3.63) is 63.8 Å². The first-order valence-electron chi connectivity index (χ1n) is 10.5. The van der Waals surface area contributed by atoms with Gasteiger partial charge in [-0.15, -0.1) is 0 Å². The number of nitrogens with zero attached hydrogens (tertiary/aromatic N) is 5. The van der Waals surface area contributed by atoms with Crippen LogP contribution >= 0.6 is 11.6 Å². The van der Waals surface area contributed by atoms with Crippen LogP contribution in [0.4, 0.5) is 10.1 Å². The second-order valence-corrected chi connectivity index (χ2v) is 10.5. The van der Waals surface area contributed by atoms with Crippen LogP contribution in [0, 0.1) is 12.7 Å². The van der Waals surface area contributed by atoms with Gasteiger partial charge in [0.1, 0.15) is 5.65 Å². The fraction of sp³-hybridized carbons (Fsp3) is 0.318. The van der Waals surface area contributed by atoms with Gasteiger partial charge in [-0.05, 0) is 25.0 Å². The molecule has 1 aromatic carbocycles. The molecule has 8 nitrogen and oxygen atoms in total. The summed E-state index contributed by atoms with van der Waals surface area (Å²) in [7, 11) is 1.56. The molecular formula is C22H23ClFN6O2Tl. The predicted molar refractivity (Wildman–Crippen MR) is 126 cm³/mol. The monoisotopic (exact) mass is 662 g/mol. The van der Waals surface area contributed by atoms with E-state index in [1.54, 1.807) is 34.8 Å². The zero-order valence-corrected chi connectivity index (χ0v) is 23.8. The van der Waals surface area contributed by atoms with Gasteiger partial charge >= 0.3 is 138 Å². The zero-order valence-electron chi connectivity index (χ0n) is 18.6. The van der Waals surface area contributed by atoms with Gasteiger partial charge in [0.15, 0.2) is 0 Å². The molecule has 0 spiro atoms. The van der Waals surface area contributed by atoms with E-state index in [0.717, 1.165) is 12.1 Å². The number of aryl methyl sites for hydroxylation is 2. The number of carbonyl (C=O) groups is 1. The molecule has 0 aliphatic carbocycles. The summed E-state index contributed by atoms with van der Waals surface area (Å²) >= 11 is 6.83. The number of imidazole rings is 1. The number of amides is 1. The summed E-state index contributed by atoms with van der Waals surface area (Å²) in [6, 6.07) is 7.22. The second-order valence-electron chi connectivity index (χ2n) is 7.66. The third kappa shape index (κ3) is 4.79. The van der Waals surface area contributed by atoms with Gasteiger partial charge in [0, 0.05) is 6.20 Å². The van der Waals surface area contributed by atoms with Crippen LogP contribution in [0.15, 0.2) is 35.6 Å². The van der Waals surface area contributed by atoms with Gasteiger partial charge in [-0.1, -0.05) is 18.5 Å². The standard InChI is InChI=1S/C22H24ClFN6O2.Tl/c1-4-17-20(29-12-15(23)13(2)9-19(29)27-17)21(31)26-11-14-5-6-18(16(24)10-14)30-8-7-25-22(28-30)32-3;/h5-6,9-10,12H,4,7-8,11H2,1-3H3,(H2,25,26,28,31);/q;+1/p-1. The van der Waals surface area contributed by atoms with E-state index < -0.39 is 5.82 Å². The number of hydrazone groups is 1. The van der Waals surface area contributed by atoms with Crippen LogP contribution in [0.1, 0.15) is 34.2 Å². The van der Waals surface area contributed by atoms with Gasteiger partial charge in [0.25, 0.3) is 0 Å². The van der Waals surface area contributed by atoms with Crippen LogP contribution in [-0.2, 0) is 17.7 Å². The normalized spacial score (nSPS) is 13.9. The molecule has 0 atom stereocenters. The molecule has 3 heterocycles. The van der Waals surface area contributed by atoms with Crippen LogP contribution in [0.2, 0.25) is 5.02 Å². The van der Waals surface area contributed by atoms with Gasteiger partial charge in [0.2, 0.25) is 0 Å². The van der Waals surface area contributed by atoms with E-state index in [-0.39, 0.29) is 12.5 Å². The maximum atomic E-state index is 14.9. The maximum absolute atomic E-state index is 14.9. The Bertz CT molecular complexity index is 1250. The van der Waals surface area contributed by atoms with Crippen LogP contribution in [0.25, 0.3) is 5.65 Å². The Morgan fingerprint density at radius 2 is 2.12 bits per heavy atom. The fourth-order valence-electron chi connectivity index (χ4n) is 3.67. The second kappa shape index (κ2) is 9.84. The summed E-state index contributed by atoms with van der Waals surface area (Å²) < 4.78 is 23.9. The zero-order chi connectivity index (χ0) is 23.7. The van der Waals surface area contributed by atoms with Crippen molar-refractivity contribution in [2.24, 2.45) is 5.10 Å². The Morgan fingerprint density at radius 1 is 1.33 bits per heavy atom. The number of halogens is 2. The van der Waals surface area contributed by atoms with E-state index in [1.165, 1.54) is 6.07 Å². The Balaban J connectivity index is 1.52. The molecule has 1 N–H and O–H groups in total. The molecule has 3 aromatic rings. The third-order valence-electron chi connectivity index (χ3n) is 5.46. The molecule has 0 unspecified atom stereocenters. The number of rotatable bonds is 5. The first-order chi connectivity index (χ1) is 15.8. The molecule has 33 heavy (non-hydrogen) atoms. The molecule has 1 aliphatic rings. The number of hydrogen-bond acceptors (Lipinski definition) is 6. The minimum absolute atomic E-state index is 0.175. The summed E-state index contributed by atoms with van der Waals surface area (Å²) in [4.78, 5) is 17.6. The molecule has 170 valence electrons. The van der Waals surface area contributed by atoms with Crippen molar-refractivity contribution < 1.29 is 13.9 Å². The summed E-state index contributed by atoms with van der Waals surface area (Å²) in [6.07, 6.45) is 2.30. The van der Waals surface area contributed by atoms with Crippen LogP contribution in [-0.4, -0.2) is 70.3 Å². The van der Waals surface area contributed by atoms with Gasteiger partial charge < -0.3 is 0 Å². The van der Waals surface area contributed by atoms with E-state index in [0.29, 0.717) is 78.4 Å². The molecule has 0 bridgehead atoms. The number of hydrogen-bond donors (Lipinski definition) is 1. The van der Waals surface area contributed by atoms with Crippen LogP contribution in [0.5, 0.6) is 0 Å². The average molecular weight is 662 g/mol. The molecule has 0 fully saturated rings. The number of methoxy groups -OCH3 is 1. The topological polar surface area (TPSA) is 74.5 Å². The van der Waals surface area contributed by atoms with Crippen molar-refractivity contribution in [1.29, 1.82) is 0 Å². The minimum atomic E-state index is -0.406. The molecule has 0 saturated heterocycles. The number of carbonyl (C=O) groups excluding carboxylic acids is 1. The molecule has 0 saturated carbocycles. The van der Waals surface area contributed by atoms with Gasteiger partial charge in [-0.3, -0.25) is 4.40 Å². The Labute approximate surface area is 212 Å². The van der Waals surface area contributed by atoms with Crippen LogP contribution in [0.3, 0.4) is 0 Å². The molecule has 11 heteroatoms. The molecule has 4 rings (SSSR count). The number of fused-ring (bicyclic) bond motifs is 1.